The Bertz CT molecular complexity index is 1400. The Kier molecular flexibility index (Phi) is 6.17. The first kappa shape index (κ1) is 23.0. The van der Waals surface area contributed by atoms with Crippen molar-refractivity contribution in [3.8, 4) is 17.1 Å². The molecule has 1 N–H and O–H groups in total. The molecule has 1 fully saturated rings. The molecule has 2 aliphatic rings. The van der Waals surface area contributed by atoms with E-state index in [1.165, 1.54) is 0 Å². The van der Waals surface area contributed by atoms with Crippen LogP contribution in [0.5, 0.6) is 5.75 Å². The second kappa shape index (κ2) is 9.92. The van der Waals surface area contributed by atoms with E-state index in [1.807, 2.05) is 30.0 Å². The Hall–Kier alpha value is -4.41. The van der Waals surface area contributed by atoms with Crippen molar-refractivity contribution in [2.24, 2.45) is 0 Å². The summed E-state index contributed by atoms with van der Waals surface area (Å²) in [4.78, 5) is 21.5. The van der Waals surface area contributed by atoms with E-state index in [-0.39, 0.29) is 12.5 Å². The predicted molar refractivity (Wildman–Crippen MR) is 133 cm³/mol. The number of H-pyrrole nitrogens is 1. The summed E-state index contributed by atoms with van der Waals surface area (Å²) in [6, 6.07) is 8.24. The van der Waals surface area contributed by atoms with Crippen molar-refractivity contribution in [3.05, 3.63) is 64.9 Å². The first-order chi connectivity index (χ1) is 18.1. The van der Waals surface area contributed by atoms with E-state index in [4.69, 9.17) is 13.6 Å². The topological polar surface area (TPSA) is 126 Å². The second-order valence-electron chi connectivity index (χ2n) is 9.19. The summed E-state index contributed by atoms with van der Waals surface area (Å²) in [5.41, 5.74) is 3.63. The van der Waals surface area contributed by atoms with Crippen molar-refractivity contribution in [3.63, 3.8) is 0 Å². The van der Waals surface area contributed by atoms with Gasteiger partial charge in [-0.2, -0.15) is 10.2 Å². The van der Waals surface area contributed by atoms with E-state index < -0.39 is 0 Å². The van der Waals surface area contributed by atoms with Crippen LogP contribution in [-0.2, 0) is 24.4 Å². The fraction of sp³-hybridized carbons (Fsp3) is 0.346. The number of oxazole rings is 1. The Morgan fingerprint density at radius 3 is 2.89 bits per heavy atom. The molecule has 0 saturated carbocycles. The zero-order chi connectivity index (χ0) is 25.2. The zero-order valence-corrected chi connectivity index (χ0v) is 20.5. The maximum Gasteiger partial charge on any atom is 0.297 e. The molecular formula is C26H27N7O4. The number of hydrogen-bond acceptors (Lipinski definition) is 9. The van der Waals surface area contributed by atoms with Gasteiger partial charge < -0.3 is 23.4 Å². The molecule has 0 unspecified atom stereocenters. The molecule has 3 aromatic heterocycles. The molecule has 37 heavy (non-hydrogen) atoms. The molecule has 4 aromatic rings. The highest BCUT2D eigenvalue weighted by atomic mass is 16.5. The van der Waals surface area contributed by atoms with Crippen molar-refractivity contribution in [1.82, 2.24) is 30.5 Å². The average molecular weight is 502 g/mol. The fourth-order valence-electron chi connectivity index (χ4n) is 4.73. The summed E-state index contributed by atoms with van der Waals surface area (Å²) in [5, 5.41) is 14.6. The molecule has 1 saturated heterocycles. The van der Waals surface area contributed by atoms with Crippen LogP contribution in [0.4, 0.5) is 6.01 Å². The summed E-state index contributed by atoms with van der Waals surface area (Å²) >= 11 is 0. The number of carbonyl (C=O) groups excluding carboxylic acids is 1. The van der Waals surface area contributed by atoms with Crippen molar-refractivity contribution in [2.45, 2.75) is 39.3 Å². The lowest BCUT2D eigenvalue weighted by molar-refractivity contribution is -0.126. The molecule has 6 rings (SSSR count). The van der Waals surface area contributed by atoms with E-state index in [9.17, 15) is 4.79 Å². The highest BCUT2D eigenvalue weighted by Gasteiger charge is 2.24. The lowest BCUT2D eigenvalue weighted by Crippen LogP contribution is -2.34. The number of tetrazole rings is 1. The van der Waals surface area contributed by atoms with Crippen molar-refractivity contribution in [1.29, 1.82) is 0 Å². The lowest BCUT2D eigenvalue weighted by Gasteiger charge is -2.29. The zero-order valence-electron chi connectivity index (χ0n) is 20.5. The molecule has 0 bridgehead atoms. The summed E-state index contributed by atoms with van der Waals surface area (Å²) < 4.78 is 17.5. The first-order valence-corrected chi connectivity index (χ1v) is 12.4. The van der Waals surface area contributed by atoms with Crippen LogP contribution in [0.25, 0.3) is 17.5 Å². The van der Waals surface area contributed by atoms with Gasteiger partial charge in [0.2, 0.25) is 11.7 Å². The number of furan rings is 1. The van der Waals surface area contributed by atoms with Crippen LogP contribution in [0.2, 0.25) is 0 Å². The Balaban J connectivity index is 1.23. The summed E-state index contributed by atoms with van der Waals surface area (Å²) in [6.07, 6.45) is 7.81. The van der Waals surface area contributed by atoms with Gasteiger partial charge in [0, 0.05) is 32.3 Å². The van der Waals surface area contributed by atoms with Gasteiger partial charge in [0.05, 0.1) is 11.8 Å². The number of fused-ring (bicyclic) bond motifs is 1. The van der Waals surface area contributed by atoms with Gasteiger partial charge in [-0.3, -0.25) is 4.79 Å². The molecule has 0 atom stereocenters. The fourth-order valence-corrected chi connectivity index (χ4v) is 4.73. The van der Waals surface area contributed by atoms with Crippen LogP contribution in [-0.4, -0.2) is 56.0 Å². The Morgan fingerprint density at radius 2 is 2.11 bits per heavy atom. The number of rotatable bonds is 7. The van der Waals surface area contributed by atoms with Crippen LogP contribution < -0.4 is 9.64 Å². The maximum absolute atomic E-state index is 12.8. The van der Waals surface area contributed by atoms with Gasteiger partial charge in [0.15, 0.2) is 0 Å². The minimum absolute atomic E-state index is 0.0700. The second-order valence-corrected chi connectivity index (χ2v) is 9.19. The molecule has 11 heteroatoms. The third kappa shape index (κ3) is 4.84. The maximum atomic E-state index is 12.8. The standard InChI is InChI=1S/C26H27N7O4/c1-17-22(27-26(37-17)32-9-2-3-10-32)16-36-23-14-19-15-33(24(34)7-6-20-5-4-12-35-20)11-8-18(19)13-21(23)25-28-30-31-29-25/h4-7,12-14H,2-3,8-11,15-16H2,1H3,(H,28,29,30,31)/b7-6+. The number of aryl methyl sites for hydroxylation is 1. The van der Waals surface area contributed by atoms with Gasteiger partial charge in [-0.15, -0.1) is 10.2 Å². The van der Waals surface area contributed by atoms with Crippen LogP contribution in [0, 0.1) is 6.92 Å². The van der Waals surface area contributed by atoms with E-state index >= 15 is 0 Å². The number of hydrogen-bond donors (Lipinski definition) is 1. The molecule has 0 spiro atoms. The molecule has 5 heterocycles. The minimum atomic E-state index is -0.0700. The van der Waals surface area contributed by atoms with Crippen LogP contribution in [0.1, 0.15) is 41.2 Å². The van der Waals surface area contributed by atoms with Gasteiger partial charge in [0.25, 0.3) is 6.01 Å². The number of anilines is 1. The lowest BCUT2D eigenvalue weighted by atomic mass is 9.96. The van der Waals surface area contributed by atoms with Crippen LogP contribution >= 0.6 is 0 Å². The Morgan fingerprint density at radius 1 is 1.22 bits per heavy atom. The van der Waals surface area contributed by atoms with E-state index in [1.54, 1.807) is 24.5 Å². The SMILES string of the molecule is Cc1oc(N2CCCC2)nc1COc1cc2c(cc1-c1nn[nH]n1)CCN(C(=O)/C=C/c1ccco1)C2. The van der Waals surface area contributed by atoms with Gasteiger partial charge in [0.1, 0.15) is 29.6 Å². The number of ether oxygens (including phenoxy) is 1. The third-order valence-corrected chi connectivity index (χ3v) is 6.77. The number of nitrogens with one attached hydrogen (secondary N) is 1. The molecular weight excluding hydrogens is 474 g/mol. The van der Waals surface area contributed by atoms with E-state index in [0.29, 0.717) is 42.9 Å². The van der Waals surface area contributed by atoms with Gasteiger partial charge in [-0.05, 0) is 72.9 Å². The predicted octanol–water partition coefficient (Wildman–Crippen LogP) is 3.53. The van der Waals surface area contributed by atoms with Crippen molar-refractivity contribution in [2.75, 3.05) is 24.5 Å². The molecule has 190 valence electrons. The number of amides is 1. The first-order valence-electron chi connectivity index (χ1n) is 12.4. The number of nitrogens with zero attached hydrogens (tertiary/aromatic N) is 6. The molecule has 0 radical (unpaired) electrons. The molecule has 0 aliphatic carbocycles. The molecule has 1 aromatic carbocycles. The molecule has 11 nitrogen and oxygen atoms in total. The average Bonchev–Trinajstić information content (AvgIpc) is 3.73. The van der Waals surface area contributed by atoms with Gasteiger partial charge in [-0.25, -0.2) is 0 Å². The number of carbonyl (C=O) groups is 1. The van der Waals surface area contributed by atoms with Crippen LogP contribution in [0.3, 0.4) is 0 Å². The van der Waals surface area contributed by atoms with Crippen LogP contribution in [0.15, 0.2) is 45.4 Å². The smallest absolute Gasteiger partial charge is 0.297 e. The van der Waals surface area contributed by atoms with E-state index in [0.717, 1.165) is 54.1 Å². The normalized spacial score (nSPS) is 15.5. The largest absolute Gasteiger partial charge is 0.486 e. The highest BCUT2D eigenvalue weighted by Crippen LogP contribution is 2.34. The Labute approximate surface area is 213 Å². The van der Waals surface area contributed by atoms with Gasteiger partial charge in [-0.1, -0.05) is 0 Å². The quantitative estimate of drug-likeness (QED) is 0.378. The number of benzene rings is 1. The molecule has 1 amide bonds. The van der Waals surface area contributed by atoms with E-state index in [2.05, 4.69) is 30.5 Å². The van der Waals surface area contributed by atoms with Gasteiger partial charge >= 0.3 is 0 Å². The van der Waals surface area contributed by atoms with Crippen molar-refractivity contribution < 1.29 is 18.4 Å². The summed E-state index contributed by atoms with van der Waals surface area (Å²) in [6.45, 7) is 5.14. The number of aromatic amines is 1. The summed E-state index contributed by atoms with van der Waals surface area (Å²) in [7, 11) is 0. The minimum Gasteiger partial charge on any atom is -0.486 e. The van der Waals surface area contributed by atoms with Crippen molar-refractivity contribution >= 4 is 18.0 Å². The highest BCUT2D eigenvalue weighted by molar-refractivity contribution is 5.91. The number of aromatic nitrogens is 5. The summed E-state index contributed by atoms with van der Waals surface area (Å²) in [5.74, 6) is 2.36. The molecule has 2 aliphatic heterocycles. The third-order valence-electron chi connectivity index (χ3n) is 6.77. The monoisotopic (exact) mass is 501 g/mol.